The minimum absolute atomic E-state index is 0.109. The second-order valence-electron chi connectivity index (χ2n) is 6.25. The van der Waals surface area contributed by atoms with Crippen LogP contribution in [0.25, 0.3) is 0 Å². The summed E-state index contributed by atoms with van der Waals surface area (Å²) in [6.45, 7) is 3.15. The predicted molar refractivity (Wildman–Crippen MR) is 86.2 cm³/mol. The number of nitriles is 1. The minimum atomic E-state index is -0.654. The van der Waals surface area contributed by atoms with Crippen molar-refractivity contribution in [3.8, 4) is 6.07 Å². The highest BCUT2D eigenvalue weighted by Gasteiger charge is 2.43. The van der Waals surface area contributed by atoms with Crippen LogP contribution >= 0.6 is 0 Å². The third-order valence-electron chi connectivity index (χ3n) is 4.93. The summed E-state index contributed by atoms with van der Waals surface area (Å²) in [7, 11) is 1.70. The van der Waals surface area contributed by atoms with Crippen molar-refractivity contribution < 1.29 is 9.59 Å². The van der Waals surface area contributed by atoms with E-state index in [0.29, 0.717) is 18.7 Å². The van der Waals surface area contributed by atoms with Crippen LogP contribution in [0.3, 0.4) is 0 Å². The molecule has 0 bridgehead atoms. The molecule has 3 rings (SSSR count). The van der Waals surface area contributed by atoms with Crippen molar-refractivity contribution in [3.63, 3.8) is 0 Å². The highest BCUT2D eigenvalue weighted by molar-refractivity contribution is 5.98. The fourth-order valence-corrected chi connectivity index (χ4v) is 3.21. The molecule has 0 unspecified atom stereocenters. The van der Waals surface area contributed by atoms with Crippen molar-refractivity contribution in [2.75, 3.05) is 25.0 Å². The molecule has 1 aliphatic carbocycles. The van der Waals surface area contributed by atoms with Gasteiger partial charge in [-0.05, 0) is 49.9 Å². The molecule has 0 radical (unpaired) electrons. The number of amides is 3. The van der Waals surface area contributed by atoms with Gasteiger partial charge in [-0.1, -0.05) is 0 Å². The second-order valence-corrected chi connectivity index (χ2v) is 6.25. The summed E-state index contributed by atoms with van der Waals surface area (Å²) in [5.41, 5.74) is 1.59. The van der Waals surface area contributed by atoms with E-state index < -0.39 is 5.54 Å². The Bertz CT molecular complexity index is 703. The van der Waals surface area contributed by atoms with Gasteiger partial charge in [0.2, 0.25) is 0 Å². The van der Waals surface area contributed by atoms with Crippen LogP contribution in [0.1, 0.15) is 35.2 Å². The molecule has 1 aromatic rings. The fourth-order valence-electron chi connectivity index (χ4n) is 3.21. The van der Waals surface area contributed by atoms with Crippen molar-refractivity contribution in [3.05, 3.63) is 29.3 Å². The molecule has 120 valence electrons. The van der Waals surface area contributed by atoms with E-state index in [1.165, 1.54) is 0 Å². The molecule has 2 aliphatic rings. The Morgan fingerprint density at radius 1 is 1.43 bits per heavy atom. The lowest BCUT2D eigenvalue weighted by atomic mass is 9.76. The number of aryl methyl sites for hydroxylation is 1. The van der Waals surface area contributed by atoms with E-state index in [2.05, 4.69) is 11.4 Å². The van der Waals surface area contributed by atoms with Gasteiger partial charge in [0.05, 0.1) is 6.07 Å². The second kappa shape index (κ2) is 5.58. The summed E-state index contributed by atoms with van der Waals surface area (Å²) in [5, 5.41) is 12.1. The van der Waals surface area contributed by atoms with Crippen molar-refractivity contribution in [1.82, 2.24) is 10.2 Å². The Hall–Kier alpha value is -2.55. The zero-order chi connectivity index (χ0) is 16.6. The van der Waals surface area contributed by atoms with Crippen LogP contribution in [0.4, 0.5) is 10.5 Å². The van der Waals surface area contributed by atoms with Crippen molar-refractivity contribution >= 4 is 17.6 Å². The maximum Gasteiger partial charge on any atom is 0.322 e. The van der Waals surface area contributed by atoms with Crippen LogP contribution in [0.15, 0.2) is 18.2 Å². The third kappa shape index (κ3) is 2.42. The predicted octanol–water partition coefficient (Wildman–Crippen LogP) is 2.04. The zero-order valence-corrected chi connectivity index (χ0v) is 13.4. The van der Waals surface area contributed by atoms with Crippen molar-refractivity contribution in [2.45, 2.75) is 31.7 Å². The highest BCUT2D eigenvalue weighted by Crippen LogP contribution is 2.37. The van der Waals surface area contributed by atoms with Gasteiger partial charge in [-0.15, -0.1) is 0 Å². The summed E-state index contributed by atoms with van der Waals surface area (Å²) < 4.78 is 0. The van der Waals surface area contributed by atoms with Crippen LogP contribution < -0.4 is 10.2 Å². The van der Waals surface area contributed by atoms with E-state index in [4.69, 9.17) is 0 Å². The lowest BCUT2D eigenvalue weighted by molar-refractivity contribution is 0.0497. The van der Waals surface area contributed by atoms with E-state index in [9.17, 15) is 14.9 Å². The van der Waals surface area contributed by atoms with E-state index in [1.807, 2.05) is 6.92 Å². The van der Waals surface area contributed by atoms with Crippen molar-refractivity contribution in [1.29, 1.82) is 5.26 Å². The van der Waals surface area contributed by atoms with Gasteiger partial charge >= 0.3 is 6.03 Å². The van der Waals surface area contributed by atoms with E-state index in [1.54, 1.807) is 35.0 Å². The Balaban J connectivity index is 1.84. The number of hydrogen-bond acceptors (Lipinski definition) is 3. The summed E-state index contributed by atoms with van der Waals surface area (Å²) in [6, 6.07) is 7.51. The van der Waals surface area contributed by atoms with Gasteiger partial charge in [0.25, 0.3) is 5.91 Å². The molecular weight excluding hydrogens is 292 g/mol. The molecule has 6 nitrogen and oxygen atoms in total. The number of benzene rings is 1. The zero-order valence-electron chi connectivity index (χ0n) is 13.4. The SMILES string of the molecule is Cc1cc(C(=O)N(C)C2(C#N)CCC2)ccc1N1CCNC1=O. The molecule has 3 amide bonds. The van der Waals surface area contributed by atoms with Crippen LogP contribution in [0.5, 0.6) is 0 Å². The molecule has 1 N–H and O–H groups in total. The van der Waals surface area contributed by atoms with Gasteiger partial charge in [-0.3, -0.25) is 9.69 Å². The standard InChI is InChI=1S/C17H20N4O2/c1-12-10-13(4-5-14(12)21-9-8-19-16(21)23)15(22)20(2)17(11-18)6-3-7-17/h4-5,10H,3,6-9H2,1-2H3,(H,19,23). The van der Waals surface area contributed by atoms with Gasteiger partial charge in [0.1, 0.15) is 5.54 Å². The molecule has 1 saturated heterocycles. The molecule has 6 heteroatoms. The lowest BCUT2D eigenvalue weighted by Crippen LogP contribution is -2.53. The number of nitrogens with one attached hydrogen (secondary N) is 1. The Morgan fingerprint density at radius 3 is 2.65 bits per heavy atom. The van der Waals surface area contributed by atoms with Crippen LogP contribution in [-0.4, -0.2) is 42.5 Å². The summed E-state index contributed by atoms with van der Waals surface area (Å²) in [6.07, 6.45) is 2.45. The molecular formula is C17H20N4O2. The first-order valence-corrected chi connectivity index (χ1v) is 7.84. The van der Waals surface area contributed by atoms with Crippen LogP contribution in [-0.2, 0) is 0 Å². The number of urea groups is 1. The average molecular weight is 312 g/mol. The Morgan fingerprint density at radius 2 is 2.17 bits per heavy atom. The van der Waals surface area contributed by atoms with Gasteiger partial charge in [-0.2, -0.15) is 5.26 Å². The number of carbonyl (C=O) groups excluding carboxylic acids is 2. The smallest absolute Gasteiger partial charge is 0.322 e. The molecule has 1 aliphatic heterocycles. The normalized spacial score (nSPS) is 18.8. The number of rotatable bonds is 3. The largest absolute Gasteiger partial charge is 0.336 e. The molecule has 1 aromatic carbocycles. The first kappa shape index (κ1) is 15.3. The van der Waals surface area contributed by atoms with Gasteiger partial charge in [-0.25, -0.2) is 4.79 Å². The molecule has 23 heavy (non-hydrogen) atoms. The first-order chi connectivity index (χ1) is 11.0. The van der Waals surface area contributed by atoms with Crippen LogP contribution in [0, 0.1) is 18.3 Å². The molecule has 0 spiro atoms. The Labute approximate surface area is 135 Å². The van der Waals surface area contributed by atoms with Gasteiger partial charge < -0.3 is 10.2 Å². The first-order valence-electron chi connectivity index (χ1n) is 7.84. The number of carbonyl (C=O) groups is 2. The molecule has 0 aromatic heterocycles. The van der Waals surface area contributed by atoms with Crippen LogP contribution in [0.2, 0.25) is 0 Å². The number of anilines is 1. The molecule has 0 atom stereocenters. The summed E-state index contributed by atoms with van der Waals surface area (Å²) in [4.78, 5) is 27.7. The Kier molecular flexibility index (Phi) is 3.72. The molecule has 1 heterocycles. The summed E-state index contributed by atoms with van der Waals surface area (Å²) >= 11 is 0. The van der Waals surface area contributed by atoms with E-state index in [0.717, 1.165) is 30.5 Å². The highest BCUT2D eigenvalue weighted by atomic mass is 16.2. The molecule has 1 saturated carbocycles. The quantitative estimate of drug-likeness (QED) is 0.928. The average Bonchev–Trinajstić information content (AvgIpc) is 2.91. The van der Waals surface area contributed by atoms with Gasteiger partial charge in [0.15, 0.2) is 0 Å². The summed E-state index contributed by atoms with van der Waals surface area (Å²) in [5.74, 6) is -0.147. The number of nitrogens with zero attached hydrogens (tertiary/aromatic N) is 3. The van der Waals surface area contributed by atoms with E-state index in [-0.39, 0.29) is 11.9 Å². The van der Waals surface area contributed by atoms with Crippen molar-refractivity contribution in [2.24, 2.45) is 0 Å². The van der Waals surface area contributed by atoms with Gasteiger partial charge in [0, 0.05) is 31.4 Å². The monoisotopic (exact) mass is 312 g/mol. The molecule has 2 fully saturated rings. The topological polar surface area (TPSA) is 76.4 Å². The lowest BCUT2D eigenvalue weighted by Gasteiger charge is -2.43. The third-order valence-corrected chi connectivity index (χ3v) is 4.93. The number of hydrogen-bond donors (Lipinski definition) is 1. The maximum absolute atomic E-state index is 12.7. The minimum Gasteiger partial charge on any atom is -0.336 e. The van der Waals surface area contributed by atoms with E-state index >= 15 is 0 Å². The maximum atomic E-state index is 12.7. The fraction of sp³-hybridized carbons (Fsp3) is 0.471.